The van der Waals surface area contributed by atoms with E-state index < -0.39 is 0 Å². The molecule has 0 unspecified atom stereocenters. The molecular formula is C16H16ClN5. The minimum absolute atomic E-state index is 0.600. The van der Waals surface area contributed by atoms with Crippen molar-refractivity contribution in [3.8, 4) is 0 Å². The fraction of sp³-hybridized carbons (Fsp3) is 0.312. The summed E-state index contributed by atoms with van der Waals surface area (Å²) in [5, 5.41) is 6.08. The number of rotatable bonds is 3. The number of fused-ring (bicyclic) bond motifs is 1. The van der Waals surface area contributed by atoms with Crippen molar-refractivity contribution in [2.24, 2.45) is 5.92 Å². The Labute approximate surface area is 133 Å². The first-order chi connectivity index (χ1) is 10.7. The van der Waals surface area contributed by atoms with Gasteiger partial charge in [0, 0.05) is 42.2 Å². The molecular weight excluding hydrogens is 298 g/mol. The smallest absolute Gasteiger partial charge is 0.139 e. The van der Waals surface area contributed by atoms with Crippen molar-refractivity contribution >= 4 is 28.3 Å². The lowest BCUT2D eigenvalue weighted by atomic mass is 9.99. The number of aryl methyl sites for hydroxylation is 1. The van der Waals surface area contributed by atoms with Crippen LogP contribution in [-0.4, -0.2) is 32.8 Å². The van der Waals surface area contributed by atoms with E-state index in [1.54, 1.807) is 6.33 Å². The molecule has 0 bridgehead atoms. The Morgan fingerprint density at radius 3 is 2.91 bits per heavy atom. The summed E-state index contributed by atoms with van der Waals surface area (Å²) in [7, 11) is 0. The highest BCUT2D eigenvalue weighted by Crippen LogP contribution is 2.30. The molecule has 6 heteroatoms. The largest absolute Gasteiger partial charge is 0.355 e. The molecule has 1 aromatic carbocycles. The van der Waals surface area contributed by atoms with Gasteiger partial charge in [0.05, 0.1) is 11.7 Å². The van der Waals surface area contributed by atoms with Gasteiger partial charge in [0.15, 0.2) is 0 Å². The highest BCUT2D eigenvalue weighted by Gasteiger charge is 2.29. The molecule has 1 aliphatic rings. The van der Waals surface area contributed by atoms with Gasteiger partial charge in [-0.05, 0) is 30.7 Å². The first kappa shape index (κ1) is 13.5. The second-order valence-electron chi connectivity index (χ2n) is 5.87. The van der Waals surface area contributed by atoms with E-state index in [1.165, 1.54) is 5.56 Å². The fourth-order valence-electron chi connectivity index (χ4n) is 2.96. The van der Waals surface area contributed by atoms with Gasteiger partial charge in [-0.25, -0.2) is 9.97 Å². The van der Waals surface area contributed by atoms with Crippen LogP contribution in [0.15, 0.2) is 36.9 Å². The Morgan fingerprint density at radius 2 is 2.14 bits per heavy atom. The van der Waals surface area contributed by atoms with Crippen LogP contribution in [0.4, 0.5) is 5.82 Å². The van der Waals surface area contributed by atoms with E-state index in [4.69, 9.17) is 11.6 Å². The molecule has 0 aliphatic carbocycles. The first-order valence-electron chi connectivity index (χ1n) is 7.33. The maximum atomic E-state index is 6.11. The van der Waals surface area contributed by atoms with E-state index in [0.717, 1.165) is 36.4 Å². The summed E-state index contributed by atoms with van der Waals surface area (Å²) >= 11 is 6.11. The van der Waals surface area contributed by atoms with Crippen LogP contribution in [-0.2, 0) is 6.54 Å². The van der Waals surface area contributed by atoms with E-state index in [-0.39, 0.29) is 0 Å². The van der Waals surface area contributed by atoms with Crippen LogP contribution in [0.1, 0.15) is 5.56 Å². The van der Waals surface area contributed by atoms with Crippen molar-refractivity contribution in [2.75, 3.05) is 18.0 Å². The molecule has 1 aliphatic heterocycles. The molecule has 0 radical (unpaired) electrons. The van der Waals surface area contributed by atoms with E-state index >= 15 is 0 Å². The predicted molar refractivity (Wildman–Crippen MR) is 87.2 cm³/mol. The Hall–Kier alpha value is -2.14. The van der Waals surface area contributed by atoms with Gasteiger partial charge in [-0.15, -0.1) is 0 Å². The van der Waals surface area contributed by atoms with E-state index in [2.05, 4.69) is 33.1 Å². The van der Waals surface area contributed by atoms with Gasteiger partial charge in [-0.3, -0.25) is 4.68 Å². The van der Waals surface area contributed by atoms with Gasteiger partial charge in [0.2, 0.25) is 0 Å². The molecule has 3 aromatic rings. The maximum absolute atomic E-state index is 6.11. The predicted octanol–water partition coefficient (Wildman–Crippen LogP) is 2.92. The highest BCUT2D eigenvalue weighted by atomic mass is 35.5. The number of nitrogens with zero attached hydrogens (tertiary/aromatic N) is 5. The van der Waals surface area contributed by atoms with E-state index in [0.29, 0.717) is 10.9 Å². The number of halogens is 1. The number of aromatic nitrogens is 4. The van der Waals surface area contributed by atoms with Gasteiger partial charge in [0.25, 0.3) is 0 Å². The molecule has 5 nitrogen and oxygen atoms in total. The van der Waals surface area contributed by atoms with Crippen molar-refractivity contribution in [1.82, 2.24) is 19.7 Å². The summed E-state index contributed by atoms with van der Waals surface area (Å²) in [5.74, 6) is 1.57. The number of hydrogen-bond donors (Lipinski definition) is 0. The number of benzene rings is 1. The molecule has 0 amide bonds. The summed E-state index contributed by atoms with van der Waals surface area (Å²) in [6.45, 7) is 4.98. The first-order valence-corrected chi connectivity index (χ1v) is 7.71. The van der Waals surface area contributed by atoms with Crippen molar-refractivity contribution in [3.05, 3.63) is 47.5 Å². The quantitative estimate of drug-likeness (QED) is 0.746. The summed E-state index contributed by atoms with van der Waals surface area (Å²) in [6.07, 6.45) is 5.61. The summed E-state index contributed by atoms with van der Waals surface area (Å²) in [6, 6.07) is 5.74. The van der Waals surface area contributed by atoms with Gasteiger partial charge in [-0.1, -0.05) is 11.6 Å². The van der Waals surface area contributed by atoms with Gasteiger partial charge in [-0.2, -0.15) is 5.10 Å². The molecule has 1 fully saturated rings. The van der Waals surface area contributed by atoms with Crippen LogP contribution >= 0.6 is 11.6 Å². The molecule has 0 atom stereocenters. The number of anilines is 1. The van der Waals surface area contributed by atoms with E-state index in [1.807, 2.05) is 29.1 Å². The average molecular weight is 314 g/mol. The molecule has 1 saturated heterocycles. The lowest BCUT2D eigenvalue weighted by Gasteiger charge is -2.40. The second-order valence-corrected chi connectivity index (χ2v) is 6.31. The monoisotopic (exact) mass is 313 g/mol. The normalized spacial score (nSPS) is 15.3. The molecule has 4 rings (SSSR count). The summed E-state index contributed by atoms with van der Waals surface area (Å²) in [4.78, 5) is 11.0. The van der Waals surface area contributed by atoms with Crippen LogP contribution in [0.25, 0.3) is 10.9 Å². The van der Waals surface area contributed by atoms with Crippen LogP contribution in [0.2, 0.25) is 5.02 Å². The van der Waals surface area contributed by atoms with Crippen molar-refractivity contribution < 1.29 is 0 Å². The van der Waals surface area contributed by atoms with Crippen molar-refractivity contribution in [1.29, 1.82) is 0 Å². The third-order valence-electron chi connectivity index (χ3n) is 4.04. The fourth-order valence-corrected chi connectivity index (χ4v) is 3.13. The van der Waals surface area contributed by atoms with Gasteiger partial charge >= 0.3 is 0 Å². The van der Waals surface area contributed by atoms with Crippen LogP contribution in [0.5, 0.6) is 0 Å². The average Bonchev–Trinajstić information content (AvgIpc) is 2.87. The number of hydrogen-bond acceptors (Lipinski definition) is 4. The van der Waals surface area contributed by atoms with Crippen LogP contribution in [0, 0.1) is 12.8 Å². The second kappa shape index (κ2) is 5.25. The molecule has 2 aromatic heterocycles. The van der Waals surface area contributed by atoms with Crippen LogP contribution in [0.3, 0.4) is 0 Å². The third kappa shape index (κ3) is 2.41. The Balaban J connectivity index is 1.52. The van der Waals surface area contributed by atoms with Gasteiger partial charge in [0.1, 0.15) is 12.1 Å². The molecule has 0 N–H and O–H groups in total. The standard InChI is InChI=1S/C16H16ClN5/c1-11-5-20-22(6-11)9-12-7-21(8-12)16-14-4-13(17)2-3-15(14)18-10-19-16/h2-6,10,12H,7-9H2,1H3. The van der Waals surface area contributed by atoms with Crippen LogP contribution < -0.4 is 4.90 Å². The zero-order valence-electron chi connectivity index (χ0n) is 12.3. The van der Waals surface area contributed by atoms with Gasteiger partial charge < -0.3 is 4.90 Å². The minimum atomic E-state index is 0.600. The molecule has 3 heterocycles. The van der Waals surface area contributed by atoms with E-state index in [9.17, 15) is 0 Å². The zero-order chi connectivity index (χ0) is 15.1. The Kier molecular flexibility index (Phi) is 3.22. The topological polar surface area (TPSA) is 46.8 Å². The maximum Gasteiger partial charge on any atom is 0.139 e. The lowest BCUT2D eigenvalue weighted by Crippen LogP contribution is -2.49. The van der Waals surface area contributed by atoms with Crippen molar-refractivity contribution in [3.63, 3.8) is 0 Å². The third-order valence-corrected chi connectivity index (χ3v) is 4.28. The SMILES string of the molecule is Cc1cnn(CC2CN(c3ncnc4ccc(Cl)cc34)C2)c1. The molecule has 0 saturated carbocycles. The summed E-state index contributed by atoms with van der Waals surface area (Å²) in [5.41, 5.74) is 2.13. The lowest BCUT2D eigenvalue weighted by molar-refractivity contribution is 0.341. The minimum Gasteiger partial charge on any atom is -0.355 e. The van der Waals surface area contributed by atoms with Crippen molar-refractivity contribution in [2.45, 2.75) is 13.5 Å². The molecule has 0 spiro atoms. The Bertz CT molecular complexity index is 822. The highest BCUT2D eigenvalue weighted by molar-refractivity contribution is 6.31. The molecule has 22 heavy (non-hydrogen) atoms. The summed E-state index contributed by atoms with van der Waals surface area (Å²) < 4.78 is 2.02. The molecule has 112 valence electrons. The Morgan fingerprint density at radius 1 is 1.27 bits per heavy atom. The zero-order valence-corrected chi connectivity index (χ0v) is 13.0.